The van der Waals surface area contributed by atoms with Gasteiger partial charge in [0.2, 0.25) is 0 Å². The van der Waals surface area contributed by atoms with Crippen molar-refractivity contribution in [2.24, 2.45) is 5.73 Å². The van der Waals surface area contributed by atoms with Gasteiger partial charge in [0.1, 0.15) is 0 Å². The van der Waals surface area contributed by atoms with Crippen LogP contribution in [0.1, 0.15) is 6.92 Å². The molecule has 1 atom stereocenters. The fourth-order valence-corrected chi connectivity index (χ4v) is 0.902. The van der Waals surface area contributed by atoms with Gasteiger partial charge in [0.25, 0.3) is 0 Å². The molecule has 46 valence electrons. The first-order valence-corrected chi connectivity index (χ1v) is 3.32. The summed E-state index contributed by atoms with van der Waals surface area (Å²) in [5.74, 6) is 0.982. The number of hydrogen-bond acceptors (Lipinski definition) is 2. The fourth-order valence-electron chi connectivity index (χ4n) is 0.441. The van der Waals surface area contributed by atoms with Crippen molar-refractivity contribution >= 4 is 17.8 Å². The van der Waals surface area contributed by atoms with Gasteiger partial charge in [0.05, 0.1) is 4.87 Å². The number of primary amides is 1. The normalized spacial score (nSPS) is 34.1. The molecule has 0 saturated carbocycles. The maximum absolute atomic E-state index is 10.2. The van der Waals surface area contributed by atoms with Gasteiger partial charge >= 0.3 is 6.03 Å². The Balaban J connectivity index is 2.29. The van der Waals surface area contributed by atoms with Crippen molar-refractivity contribution in [1.82, 2.24) is 5.32 Å². The van der Waals surface area contributed by atoms with Gasteiger partial charge in [-0.05, 0) is 6.92 Å². The summed E-state index contributed by atoms with van der Waals surface area (Å²) in [5, 5.41) is 2.59. The molecule has 1 aliphatic rings. The van der Waals surface area contributed by atoms with Crippen molar-refractivity contribution in [2.75, 3.05) is 5.75 Å². The number of hydrogen-bond donors (Lipinski definition) is 2. The Labute approximate surface area is 52.0 Å². The minimum atomic E-state index is -0.433. The summed E-state index contributed by atoms with van der Waals surface area (Å²) >= 11 is 1.69. The van der Waals surface area contributed by atoms with Gasteiger partial charge in [0.15, 0.2) is 0 Å². The molecule has 1 aliphatic heterocycles. The van der Waals surface area contributed by atoms with Crippen LogP contribution in [0, 0.1) is 0 Å². The standard InChI is InChI=1S/C4H8N2OS/c1-4(2-8-4)6-3(5)7/h2H2,1H3,(H3,5,6,7). The summed E-state index contributed by atoms with van der Waals surface area (Å²) in [5.41, 5.74) is 4.86. The van der Waals surface area contributed by atoms with Crippen LogP contribution in [0.2, 0.25) is 0 Å². The molecule has 8 heavy (non-hydrogen) atoms. The molecule has 0 bridgehead atoms. The molecule has 3 N–H and O–H groups in total. The maximum atomic E-state index is 10.2. The van der Waals surface area contributed by atoms with E-state index in [2.05, 4.69) is 5.32 Å². The topological polar surface area (TPSA) is 55.1 Å². The highest BCUT2D eigenvalue weighted by molar-refractivity contribution is 8.07. The molecule has 4 heteroatoms. The highest BCUT2D eigenvalue weighted by Gasteiger charge is 2.39. The van der Waals surface area contributed by atoms with Crippen LogP contribution in [0.4, 0.5) is 4.79 Å². The molecule has 1 fully saturated rings. The Morgan fingerprint density at radius 3 is 2.62 bits per heavy atom. The summed E-state index contributed by atoms with van der Waals surface area (Å²) in [4.78, 5) is 10.1. The number of nitrogens with one attached hydrogen (secondary N) is 1. The first-order chi connectivity index (χ1) is 3.62. The smallest absolute Gasteiger partial charge is 0.313 e. The first-order valence-electron chi connectivity index (χ1n) is 2.34. The van der Waals surface area contributed by atoms with Crippen LogP contribution in [0.25, 0.3) is 0 Å². The fraction of sp³-hybridized carbons (Fsp3) is 0.750. The molecule has 0 aliphatic carbocycles. The number of amides is 2. The van der Waals surface area contributed by atoms with Gasteiger partial charge in [0, 0.05) is 5.75 Å². The van der Waals surface area contributed by atoms with Crippen LogP contribution in [0.3, 0.4) is 0 Å². The molecule has 0 aromatic heterocycles. The van der Waals surface area contributed by atoms with E-state index in [0.717, 1.165) is 5.75 Å². The minimum Gasteiger partial charge on any atom is -0.352 e. The second-order valence-electron chi connectivity index (χ2n) is 2.01. The van der Waals surface area contributed by atoms with Crippen molar-refractivity contribution < 1.29 is 4.79 Å². The monoisotopic (exact) mass is 132 g/mol. The van der Waals surface area contributed by atoms with Crippen LogP contribution in [-0.2, 0) is 0 Å². The average molecular weight is 132 g/mol. The number of urea groups is 1. The van der Waals surface area contributed by atoms with Crippen molar-refractivity contribution in [1.29, 1.82) is 0 Å². The van der Waals surface area contributed by atoms with Crippen LogP contribution in [0.15, 0.2) is 0 Å². The number of rotatable bonds is 1. The lowest BCUT2D eigenvalue weighted by Gasteiger charge is -2.04. The number of thioether (sulfide) groups is 1. The van der Waals surface area contributed by atoms with Gasteiger partial charge in [-0.3, -0.25) is 0 Å². The molecular weight excluding hydrogens is 124 g/mol. The SMILES string of the molecule is CC1(NC(N)=O)CS1. The third-order valence-corrected chi connectivity index (χ3v) is 2.22. The highest BCUT2D eigenvalue weighted by atomic mass is 32.2. The Bertz CT molecular complexity index is 121. The summed E-state index contributed by atoms with van der Waals surface area (Å²) in [6.45, 7) is 1.95. The zero-order valence-corrected chi connectivity index (χ0v) is 5.42. The van der Waals surface area contributed by atoms with E-state index in [1.54, 1.807) is 11.8 Å². The summed E-state index contributed by atoms with van der Waals surface area (Å²) in [6, 6.07) is -0.433. The average Bonchev–Trinajstić information content (AvgIpc) is 2.17. The van der Waals surface area contributed by atoms with Crippen LogP contribution in [-0.4, -0.2) is 16.7 Å². The lowest BCUT2D eigenvalue weighted by molar-refractivity contribution is 0.246. The van der Waals surface area contributed by atoms with Crippen LogP contribution >= 0.6 is 11.8 Å². The Morgan fingerprint density at radius 2 is 2.50 bits per heavy atom. The zero-order valence-electron chi connectivity index (χ0n) is 4.60. The molecular formula is C4H8N2OS. The van der Waals surface area contributed by atoms with E-state index in [9.17, 15) is 4.79 Å². The minimum absolute atomic E-state index is 0.0359. The predicted octanol–water partition coefficient (Wildman–Crippen LogP) is 0.118. The third-order valence-electron chi connectivity index (χ3n) is 0.965. The van der Waals surface area contributed by atoms with E-state index < -0.39 is 6.03 Å². The second kappa shape index (κ2) is 1.55. The molecule has 0 aromatic rings. The molecule has 3 nitrogen and oxygen atoms in total. The second-order valence-corrected chi connectivity index (χ2v) is 3.49. The van der Waals surface area contributed by atoms with E-state index in [0.29, 0.717) is 0 Å². The van der Waals surface area contributed by atoms with E-state index >= 15 is 0 Å². The molecule has 0 aromatic carbocycles. The Morgan fingerprint density at radius 1 is 2.00 bits per heavy atom. The van der Waals surface area contributed by atoms with Crippen molar-refractivity contribution in [2.45, 2.75) is 11.8 Å². The maximum Gasteiger partial charge on any atom is 0.313 e. The van der Waals surface area contributed by atoms with E-state index in [1.807, 2.05) is 6.92 Å². The molecule has 0 radical (unpaired) electrons. The number of nitrogens with two attached hydrogens (primary N) is 1. The molecule has 1 heterocycles. The molecule has 1 rings (SSSR count). The lowest BCUT2D eigenvalue weighted by Crippen LogP contribution is -2.38. The largest absolute Gasteiger partial charge is 0.352 e. The van der Waals surface area contributed by atoms with Gasteiger partial charge in [-0.15, -0.1) is 11.8 Å². The number of carbonyl (C=O) groups excluding carboxylic acids is 1. The van der Waals surface area contributed by atoms with Gasteiger partial charge in [-0.1, -0.05) is 0 Å². The Hall–Kier alpha value is -0.380. The molecule has 1 saturated heterocycles. The highest BCUT2D eigenvalue weighted by Crippen LogP contribution is 2.40. The Kier molecular flexibility index (Phi) is 1.11. The van der Waals surface area contributed by atoms with Crippen molar-refractivity contribution in [3.63, 3.8) is 0 Å². The van der Waals surface area contributed by atoms with Gasteiger partial charge in [-0.2, -0.15) is 0 Å². The van der Waals surface area contributed by atoms with Crippen molar-refractivity contribution in [3.05, 3.63) is 0 Å². The first kappa shape index (κ1) is 5.75. The van der Waals surface area contributed by atoms with E-state index in [-0.39, 0.29) is 4.87 Å². The van der Waals surface area contributed by atoms with E-state index in [1.165, 1.54) is 0 Å². The summed E-state index contributed by atoms with van der Waals surface area (Å²) in [7, 11) is 0. The molecule has 2 amide bonds. The molecule has 1 unspecified atom stereocenters. The predicted molar refractivity (Wildman–Crippen MR) is 33.6 cm³/mol. The number of carbonyl (C=O) groups is 1. The van der Waals surface area contributed by atoms with E-state index in [4.69, 9.17) is 5.73 Å². The van der Waals surface area contributed by atoms with Gasteiger partial charge in [-0.25, -0.2) is 4.79 Å². The zero-order chi connectivity index (χ0) is 6.20. The molecule has 0 spiro atoms. The van der Waals surface area contributed by atoms with Crippen LogP contribution < -0.4 is 11.1 Å². The summed E-state index contributed by atoms with van der Waals surface area (Å²) < 4.78 is 0. The van der Waals surface area contributed by atoms with Crippen LogP contribution in [0.5, 0.6) is 0 Å². The third kappa shape index (κ3) is 1.30. The quantitative estimate of drug-likeness (QED) is 0.498. The van der Waals surface area contributed by atoms with Gasteiger partial charge < -0.3 is 11.1 Å². The van der Waals surface area contributed by atoms with Crippen molar-refractivity contribution in [3.8, 4) is 0 Å². The lowest BCUT2D eigenvalue weighted by atomic mass is 10.4. The summed E-state index contributed by atoms with van der Waals surface area (Å²) in [6.07, 6.45) is 0.